The summed E-state index contributed by atoms with van der Waals surface area (Å²) in [6.45, 7) is 1.36. The van der Waals surface area contributed by atoms with Gasteiger partial charge in [-0.2, -0.15) is 0 Å². The zero-order valence-electron chi connectivity index (χ0n) is 3.88. The Morgan fingerprint density at radius 1 is 2.00 bits per heavy atom. The SMILES string of the molecule is CC(=O)COSO. The monoisotopic (exact) mass is 122 g/mol. The Kier molecular flexibility index (Phi) is 4.07. The summed E-state index contributed by atoms with van der Waals surface area (Å²) in [5.74, 6) is -0.0958. The lowest BCUT2D eigenvalue weighted by molar-refractivity contribution is -0.118. The second-order valence-electron chi connectivity index (χ2n) is 1.04. The van der Waals surface area contributed by atoms with Crippen LogP contribution in [0.2, 0.25) is 0 Å². The molecule has 0 aliphatic carbocycles. The molecule has 0 aromatic heterocycles. The quantitative estimate of drug-likeness (QED) is 0.560. The average molecular weight is 122 g/mol. The molecule has 0 bridgehead atoms. The second kappa shape index (κ2) is 4.11. The van der Waals surface area contributed by atoms with Crippen LogP contribution in [0.5, 0.6) is 0 Å². The minimum Gasteiger partial charge on any atom is -0.307 e. The van der Waals surface area contributed by atoms with Gasteiger partial charge in [0.1, 0.15) is 6.61 Å². The lowest BCUT2D eigenvalue weighted by Crippen LogP contribution is -1.97. The van der Waals surface area contributed by atoms with E-state index in [1.807, 2.05) is 0 Å². The molecule has 7 heavy (non-hydrogen) atoms. The van der Waals surface area contributed by atoms with Gasteiger partial charge in [-0.3, -0.25) is 8.98 Å². The Bertz CT molecular complexity index is 63.2. The number of Topliss-reactive ketones (excluding diaryl/α,β-unsaturated/α-hetero) is 1. The van der Waals surface area contributed by atoms with Crippen molar-refractivity contribution in [3.05, 3.63) is 0 Å². The van der Waals surface area contributed by atoms with E-state index in [0.717, 1.165) is 0 Å². The summed E-state index contributed by atoms with van der Waals surface area (Å²) in [5.41, 5.74) is 0. The number of hydrogen-bond donors (Lipinski definition) is 1. The van der Waals surface area contributed by atoms with Gasteiger partial charge in [0.25, 0.3) is 0 Å². The third-order valence-corrected chi connectivity index (χ3v) is 0.538. The van der Waals surface area contributed by atoms with E-state index in [0.29, 0.717) is 0 Å². The van der Waals surface area contributed by atoms with Crippen molar-refractivity contribution in [2.75, 3.05) is 6.61 Å². The molecule has 0 aromatic carbocycles. The largest absolute Gasteiger partial charge is 0.307 e. The number of hydrogen-bond acceptors (Lipinski definition) is 4. The van der Waals surface area contributed by atoms with E-state index >= 15 is 0 Å². The van der Waals surface area contributed by atoms with Gasteiger partial charge in [0, 0.05) is 0 Å². The van der Waals surface area contributed by atoms with E-state index in [-0.39, 0.29) is 24.7 Å². The highest BCUT2D eigenvalue weighted by Gasteiger charge is 1.89. The van der Waals surface area contributed by atoms with Crippen LogP contribution in [-0.2, 0) is 8.98 Å². The maximum atomic E-state index is 9.95. The van der Waals surface area contributed by atoms with Crippen molar-refractivity contribution in [2.45, 2.75) is 6.92 Å². The normalized spacial score (nSPS) is 8.86. The maximum absolute atomic E-state index is 9.95. The van der Waals surface area contributed by atoms with Crippen LogP contribution in [0.15, 0.2) is 0 Å². The highest BCUT2D eigenvalue weighted by Crippen LogP contribution is 1.91. The molecular weight excluding hydrogens is 116 g/mol. The number of carbonyl (C=O) groups is 1. The van der Waals surface area contributed by atoms with Crippen molar-refractivity contribution >= 4 is 18.1 Å². The van der Waals surface area contributed by atoms with Gasteiger partial charge in [-0.05, 0) is 6.92 Å². The summed E-state index contributed by atoms with van der Waals surface area (Å²) in [7, 11) is 0. The third kappa shape index (κ3) is 5.94. The van der Waals surface area contributed by atoms with Crippen LogP contribution < -0.4 is 0 Å². The molecule has 0 amide bonds. The fourth-order valence-electron chi connectivity index (χ4n) is 0.109. The molecule has 0 aliphatic rings. The van der Waals surface area contributed by atoms with Crippen LogP contribution in [0.1, 0.15) is 6.92 Å². The molecule has 0 atom stereocenters. The van der Waals surface area contributed by atoms with Gasteiger partial charge < -0.3 is 4.55 Å². The molecule has 1 N–H and O–H groups in total. The van der Waals surface area contributed by atoms with Crippen LogP contribution in [0.25, 0.3) is 0 Å². The number of ketones is 1. The molecule has 0 rings (SSSR count). The fraction of sp³-hybridized carbons (Fsp3) is 0.667. The van der Waals surface area contributed by atoms with Crippen molar-refractivity contribution in [1.82, 2.24) is 0 Å². The molecule has 0 fully saturated rings. The molecular formula is C3H6O3S. The Labute approximate surface area is 46.1 Å². The summed E-state index contributed by atoms with van der Waals surface area (Å²) >= 11 is 0.209. The molecule has 3 nitrogen and oxygen atoms in total. The highest BCUT2D eigenvalue weighted by molar-refractivity contribution is 7.88. The summed E-state index contributed by atoms with van der Waals surface area (Å²) in [5, 5.41) is 0. The third-order valence-electron chi connectivity index (χ3n) is 0.315. The topological polar surface area (TPSA) is 46.5 Å². The number of carbonyl (C=O) groups excluding carboxylic acids is 1. The molecule has 0 radical (unpaired) electrons. The van der Waals surface area contributed by atoms with Crippen LogP contribution in [0.4, 0.5) is 0 Å². The van der Waals surface area contributed by atoms with Crippen LogP contribution in [-0.4, -0.2) is 16.9 Å². The smallest absolute Gasteiger partial charge is 0.156 e. The zero-order chi connectivity index (χ0) is 5.70. The van der Waals surface area contributed by atoms with Crippen LogP contribution in [0.3, 0.4) is 0 Å². The summed E-state index contributed by atoms with van der Waals surface area (Å²) < 4.78 is 12.1. The molecule has 0 heterocycles. The van der Waals surface area contributed by atoms with Gasteiger partial charge in [-0.15, -0.1) is 0 Å². The molecule has 0 aromatic rings. The first kappa shape index (κ1) is 6.94. The Hall–Kier alpha value is -0.0600. The van der Waals surface area contributed by atoms with Gasteiger partial charge in [-0.25, -0.2) is 0 Å². The predicted octanol–water partition coefficient (Wildman–Crippen LogP) is 0.713. The average Bonchev–Trinajstić information content (AvgIpc) is 1.61. The second-order valence-corrected chi connectivity index (χ2v) is 1.42. The van der Waals surface area contributed by atoms with Crippen molar-refractivity contribution in [3.63, 3.8) is 0 Å². The Balaban J connectivity index is 2.82. The molecule has 0 aliphatic heterocycles. The predicted molar refractivity (Wildman–Crippen MR) is 26.9 cm³/mol. The van der Waals surface area contributed by atoms with E-state index in [1.165, 1.54) is 6.92 Å². The standard InChI is InChI=1S/C3H6O3S/c1-3(4)2-6-7-5/h5H,2H2,1H3. The van der Waals surface area contributed by atoms with Crippen molar-refractivity contribution in [2.24, 2.45) is 0 Å². The van der Waals surface area contributed by atoms with Crippen molar-refractivity contribution in [3.8, 4) is 0 Å². The van der Waals surface area contributed by atoms with Crippen LogP contribution >= 0.6 is 12.3 Å². The summed E-state index contributed by atoms with van der Waals surface area (Å²) in [6, 6.07) is 0. The highest BCUT2D eigenvalue weighted by atomic mass is 32.2. The molecule has 0 spiro atoms. The lowest BCUT2D eigenvalue weighted by Gasteiger charge is -1.87. The maximum Gasteiger partial charge on any atom is 0.156 e. The van der Waals surface area contributed by atoms with Gasteiger partial charge >= 0.3 is 0 Å². The van der Waals surface area contributed by atoms with E-state index in [4.69, 9.17) is 4.55 Å². The molecule has 4 heteroatoms. The van der Waals surface area contributed by atoms with Gasteiger partial charge in [0.15, 0.2) is 18.1 Å². The van der Waals surface area contributed by atoms with Gasteiger partial charge in [0.05, 0.1) is 0 Å². The van der Waals surface area contributed by atoms with E-state index in [9.17, 15) is 4.79 Å². The minimum absolute atomic E-state index is 0.0266. The summed E-state index contributed by atoms with van der Waals surface area (Å²) in [6.07, 6.45) is 0. The van der Waals surface area contributed by atoms with Gasteiger partial charge in [-0.1, -0.05) is 0 Å². The van der Waals surface area contributed by atoms with E-state index in [2.05, 4.69) is 4.18 Å². The Morgan fingerprint density at radius 3 is 2.71 bits per heavy atom. The van der Waals surface area contributed by atoms with Crippen molar-refractivity contribution < 1.29 is 13.5 Å². The molecule has 42 valence electrons. The molecule has 0 saturated carbocycles. The first-order chi connectivity index (χ1) is 3.27. The summed E-state index contributed by atoms with van der Waals surface area (Å²) in [4.78, 5) is 9.95. The van der Waals surface area contributed by atoms with E-state index in [1.54, 1.807) is 0 Å². The van der Waals surface area contributed by atoms with E-state index < -0.39 is 0 Å². The van der Waals surface area contributed by atoms with Crippen molar-refractivity contribution in [1.29, 1.82) is 0 Å². The number of rotatable bonds is 3. The molecule has 0 unspecified atom stereocenters. The molecule has 0 saturated heterocycles. The van der Waals surface area contributed by atoms with Crippen LogP contribution in [0, 0.1) is 0 Å². The fourth-order valence-corrected chi connectivity index (χ4v) is 0.328. The lowest BCUT2D eigenvalue weighted by atomic mass is 10.5. The first-order valence-corrected chi connectivity index (χ1v) is 2.39. The minimum atomic E-state index is -0.0958. The van der Waals surface area contributed by atoms with Gasteiger partial charge in [0.2, 0.25) is 0 Å². The Morgan fingerprint density at radius 2 is 2.57 bits per heavy atom. The first-order valence-electron chi connectivity index (χ1n) is 1.70. The zero-order valence-corrected chi connectivity index (χ0v) is 4.70.